The lowest BCUT2D eigenvalue weighted by atomic mass is 10.1. The molecular weight excluding hydrogens is 200 g/mol. The molecule has 0 spiro atoms. The molecule has 1 rings (SSSR count). The van der Waals surface area contributed by atoms with Gasteiger partial charge < -0.3 is 4.90 Å². The first-order valence-corrected chi connectivity index (χ1v) is 3.92. The van der Waals surface area contributed by atoms with Crippen LogP contribution in [0.5, 0.6) is 0 Å². The number of rotatable bonds is 2. The molecule has 13 heavy (non-hydrogen) atoms. The third kappa shape index (κ3) is 2.06. The number of alkyl halides is 2. The topological polar surface area (TPSA) is 20.3 Å². The average molecular weight is 208 g/mol. The molecule has 0 aliphatic carbocycles. The van der Waals surface area contributed by atoms with Crippen molar-refractivity contribution in [2.75, 3.05) is 13.1 Å². The molecule has 0 unspecified atom stereocenters. The fourth-order valence-corrected chi connectivity index (χ4v) is 1.04. The van der Waals surface area contributed by atoms with Crippen LogP contribution in [0.3, 0.4) is 0 Å². The lowest BCUT2D eigenvalue weighted by Crippen LogP contribution is -2.58. The van der Waals surface area contributed by atoms with Crippen molar-refractivity contribution in [2.45, 2.75) is 5.92 Å². The highest BCUT2D eigenvalue weighted by molar-refractivity contribution is 6.34. The summed E-state index contributed by atoms with van der Waals surface area (Å²) in [4.78, 5) is 12.2. The van der Waals surface area contributed by atoms with Crippen LogP contribution in [0.25, 0.3) is 0 Å². The number of hydrogen-bond acceptors (Lipinski definition) is 1. The van der Waals surface area contributed by atoms with Crippen molar-refractivity contribution in [2.24, 2.45) is 0 Å². The first-order valence-electron chi connectivity index (χ1n) is 3.54. The van der Waals surface area contributed by atoms with E-state index in [2.05, 4.69) is 13.2 Å². The van der Waals surface area contributed by atoms with Gasteiger partial charge in [0.1, 0.15) is 0 Å². The van der Waals surface area contributed by atoms with Gasteiger partial charge in [-0.05, 0) is 0 Å². The predicted molar refractivity (Wildman–Crippen MR) is 45.7 cm³/mol. The molecule has 0 N–H and O–H groups in total. The molecule has 0 aromatic rings. The summed E-state index contributed by atoms with van der Waals surface area (Å²) in [7, 11) is 0. The highest BCUT2D eigenvalue weighted by Gasteiger charge is 2.46. The fourth-order valence-electron chi connectivity index (χ4n) is 0.963. The number of likely N-dealkylation sites (tertiary alicyclic amines) is 1. The molecule has 0 bridgehead atoms. The Balaban J connectivity index is 2.53. The maximum atomic E-state index is 12.3. The molecule has 1 saturated heterocycles. The Labute approximate surface area is 79.5 Å². The summed E-state index contributed by atoms with van der Waals surface area (Å²) in [6.07, 6.45) is 0. The second-order valence-corrected chi connectivity index (χ2v) is 3.36. The molecule has 0 radical (unpaired) electrons. The fraction of sp³-hybridized carbons (Fsp3) is 0.375. The van der Waals surface area contributed by atoms with Gasteiger partial charge in [-0.1, -0.05) is 24.8 Å². The predicted octanol–water partition coefficient (Wildman–Crippen LogP) is 1.77. The number of carbonyl (C=O) groups excluding carboxylic acids is 1. The van der Waals surface area contributed by atoms with Gasteiger partial charge in [0.2, 0.25) is 0 Å². The van der Waals surface area contributed by atoms with E-state index >= 15 is 0 Å². The molecule has 1 fully saturated rings. The van der Waals surface area contributed by atoms with Crippen molar-refractivity contribution >= 4 is 17.5 Å². The average Bonchev–Trinajstić information content (AvgIpc) is 1.97. The van der Waals surface area contributed by atoms with Crippen LogP contribution in [0.15, 0.2) is 23.8 Å². The van der Waals surface area contributed by atoms with Gasteiger partial charge in [-0.15, -0.1) is 0 Å². The molecule has 1 aliphatic heterocycles. The van der Waals surface area contributed by atoms with Gasteiger partial charge in [0.15, 0.2) is 0 Å². The minimum absolute atomic E-state index is 0.0137. The van der Waals surface area contributed by atoms with Gasteiger partial charge >= 0.3 is 0 Å². The Hall–Kier alpha value is -0.900. The van der Waals surface area contributed by atoms with Crippen molar-refractivity contribution in [1.82, 2.24) is 4.90 Å². The minimum atomic E-state index is -2.76. The van der Waals surface area contributed by atoms with Gasteiger partial charge in [-0.3, -0.25) is 4.79 Å². The van der Waals surface area contributed by atoms with E-state index in [0.29, 0.717) is 0 Å². The molecular formula is C8H8ClF2NO. The normalized spacial score (nSPS) is 19.2. The van der Waals surface area contributed by atoms with Crippen molar-refractivity contribution in [3.05, 3.63) is 23.8 Å². The Bertz CT molecular complexity index is 280. The first-order chi connectivity index (χ1) is 5.83. The molecule has 1 aliphatic rings. The first kappa shape index (κ1) is 10.2. The van der Waals surface area contributed by atoms with E-state index in [1.54, 1.807) is 0 Å². The van der Waals surface area contributed by atoms with Crippen LogP contribution in [0.4, 0.5) is 8.78 Å². The van der Waals surface area contributed by atoms with Gasteiger partial charge in [-0.25, -0.2) is 8.78 Å². The molecule has 1 heterocycles. The summed E-state index contributed by atoms with van der Waals surface area (Å²) in [5, 5.41) is -0.0137. The zero-order chi connectivity index (χ0) is 10.2. The van der Waals surface area contributed by atoms with Crippen molar-refractivity contribution in [3.8, 4) is 0 Å². The Morgan fingerprint density at radius 1 is 1.38 bits per heavy atom. The molecule has 0 aromatic carbocycles. The number of halogens is 3. The number of hydrogen-bond donors (Lipinski definition) is 0. The van der Waals surface area contributed by atoms with E-state index in [-0.39, 0.29) is 10.6 Å². The number of nitrogens with zero attached hydrogens (tertiary/aromatic N) is 1. The SMILES string of the molecule is C=C(Cl)C(=C)C(=O)N1CC(F)(F)C1. The van der Waals surface area contributed by atoms with Crippen LogP contribution >= 0.6 is 11.6 Å². The monoisotopic (exact) mass is 207 g/mol. The second-order valence-electron chi connectivity index (χ2n) is 2.90. The Morgan fingerprint density at radius 2 is 1.85 bits per heavy atom. The zero-order valence-electron chi connectivity index (χ0n) is 6.82. The smallest absolute Gasteiger partial charge is 0.282 e. The molecule has 0 aromatic heterocycles. The molecule has 2 nitrogen and oxygen atoms in total. The van der Waals surface area contributed by atoms with Crippen LogP contribution in [-0.4, -0.2) is 29.8 Å². The lowest BCUT2D eigenvalue weighted by molar-refractivity contribution is -0.161. The second kappa shape index (κ2) is 3.10. The van der Waals surface area contributed by atoms with Crippen LogP contribution in [0.1, 0.15) is 0 Å². The maximum Gasteiger partial charge on any atom is 0.282 e. The highest BCUT2D eigenvalue weighted by atomic mass is 35.5. The van der Waals surface area contributed by atoms with Gasteiger partial charge in [0.25, 0.3) is 11.8 Å². The van der Waals surface area contributed by atoms with E-state index in [1.165, 1.54) is 0 Å². The van der Waals surface area contributed by atoms with Crippen LogP contribution < -0.4 is 0 Å². The van der Waals surface area contributed by atoms with Crippen LogP contribution in [0.2, 0.25) is 0 Å². The molecule has 5 heteroatoms. The standard InChI is InChI=1S/C8H8ClF2NO/c1-5(6(2)9)7(13)12-3-8(10,11)4-12/h1-4H2. The maximum absolute atomic E-state index is 12.3. The van der Waals surface area contributed by atoms with Gasteiger partial charge in [0, 0.05) is 5.03 Å². The minimum Gasteiger partial charge on any atom is -0.326 e. The van der Waals surface area contributed by atoms with E-state index in [9.17, 15) is 13.6 Å². The van der Waals surface area contributed by atoms with Gasteiger partial charge in [0.05, 0.1) is 18.7 Å². The summed E-state index contributed by atoms with van der Waals surface area (Å²) in [6.45, 7) is 5.50. The van der Waals surface area contributed by atoms with Crippen molar-refractivity contribution < 1.29 is 13.6 Å². The summed E-state index contributed by atoms with van der Waals surface area (Å²) >= 11 is 5.39. The molecule has 72 valence electrons. The Kier molecular flexibility index (Phi) is 2.43. The number of carbonyl (C=O) groups is 1. The third-order valence-electron chi connectivity index (χ3n) is 1.72. The van der Waals surface area contributed by atoms with E-state index in [1.807, 2.05) is 0 Å². The molecule has 1 amide bonds. The Morgan fingerprint density at radius 3 is 2.15 bits per heavy atom. The summed E-state index contributed by atoms with van der Waals surface area (Å²) in [5.41, 5.74) is -0.0304. The zero-order valence-corrected chi connectivity index (χ0v) is 7.57. The number of amides is 1. The van der Waals surface area contributed by atoms with Crippen molar-refractivity contribution in [1.29, 1.82) is 0 Å². The largest absolute Gasteiger partial charge is 0.326 e. The van der Waals surface area contributed by atoms with Gasteiger partial charge in [-0.2, -0.15) is 0 Å². The quantitative estimate of drug-likeness (QED) is 0.499. The third-order valence-corrected chi connectivity index (χ3v) is 1.95. The van der Waals surface area contributed by atoms with E-state index in [0.717, 1.165) is 4.90 Å². The highest BCUT2D eigenvalue weighted by Crippen LogP contribution is 2.28. The van der Waals surface area contributed by atoms with E-state index in [4.69, 9.17) is 11.6 Å². The van der Waals surface area contributed by atoms with Crippen LogP contribution in [-0.2, 0) is 4.79 Å². The summed E-state index contributed by atoms with van der Waals surface area (Å²) < 4.78 is 24.7. The summed E-state index contributed by atoms with van der Waals surface area (Å²) in [6, 6.07) is 0. The van der Waals surface area contributed by atoms with E-state index < -0.39 is 24.9 Å². The van der Waals surface area contributed by atoms with Crippen molar-refractivity contribution in [3.63, 3.8) is 0 Å². The summed E-state index contributed by atoms with van der Waals surface area (Å²) in [5.74, 6) is -3.34. The van der Waals surface area contributed by atoms with Crippen LogP contribution in [0, 0.1) is 0 Å². The lowest BCUT2D eigenvalue weighted by Gasteiger charge is -2.38. The molecule has 0 atom stereocenters. The molecule has 0 saturated carbocycles.